The van der Waals surface area contributed by atoms with E-state index in [9.17, 15) is 14.9 Å². The van der Waals surface area contributed by atoms with Gasteiger partial charge in [-0.3, -0.25) is 20.1 Å². The second kappa shape index (κ2) is 6.91. The number of rotatable bonds is 5. The van der Waals surface area contributed by atoms with Crippen molar-refractivity contribution in [3.8, 4) is 5.75 Å². The van der Waals surface area contributed by atoms with Crippen LogP contribution in [-0.2, 0) is 9.53 Å². The lowest BCUT2D eigenvalue weighted by molar-refractivity contribution is -0.383. The molecule has 2 aromatic heterocycles. The van der Waals surface area contributed by atoms with Gasteiger partial charge in [0.15, 0.2) is 0 Å². The topological polar surface area (TPSA) is 104 Å². The van der Waals surface area contributed by atoms with E-state index >= 15 is 0 Å². The number of nitro groups is 1. The van der Waals surface area contributed by atoms with Crippen molar-refractivity contribution in [1.29, 1.82) is 0 Å². The second-order valence-electron chi connectivity index (χ2n) is 5.05. The number of non-ortho nitro benzene ring substituents is 1. The number of carbonyl (C=O) groups is 1. The SMILES string of the molecule is COC(=O)C(Oc1ccc([N+](=O)[O-])c2cccnc12)c1cccnc1. The molecule has 0 aliphatic carbocycles. The lowest BCUT2D eigenvalue weighted by atomic mass is 10.1. The Morgan fingerprint density at radius 2 is 2.00 bits per heavy atom. The van der Waals surface area contributed by atoms with Gasteiger partial charge in [-0.1, -0.05) is 6.07 Å². The van der Waals surface area contributed by atoms with Crippen molar-refractivity contribution in [3.63, 3.8) is 0 Å². The maximum atomic E-state index is 12.1. The molecule has 8 heteroatoms. The molecule has 3 aromatic rings. The Balaban J connectivity index is 2.08. The summed E-state index contributed by atoms with van der Waals surface area (Å²) in [6.07, 6.45) is 3.49. The summed E-state index contributed by atoms with van der Waals surface area (Å²) in [4.78, 5) is 30.9. The molecule has 0 N–H and O–H groups in total. The van der Waals surface area contributed by atoms with E-state index in [1.807, 2.05) is 0 Å². The molecule has 0 bridgehead atoms. The highest BCUT2D eigenvalue weighted by molar-refractivity contribution is 5.92. The number of pyridine rings is 2. The predicted molar refractivity (Wildman–Crippen MR) is 88.0 cm³/mol. The molecule has 3 rings (SSSR count). The number of fused-ring (bicyclic) bond motifs is 1. The first kappa shape index (κ1) is 16.3. The van der Waals surface area contributed by atoms with Gasteiger partial charge in [0.25, 0.3) is 5.69 Å². The van der Waals surface area contributed by atoms with Crippen LogP contribution in [0.3, 0.4) is 0 Å². The number of carbonyl (C=O) groups excluding carboxylic acids is 1. The van der Waals surface area contributed by atoms with Crippen LogP contribution >= 0.6 is 0 Å². The lowest BCUT2D eigenvalue weighted by Gasteiger charge is -2.17. The highest BCUT2D eigenvalue weighted by atomic mass is 16.6. The molecule has 0 spiro atoms. The van der Waals surface area contributed by atoms with Crippen molar-refractivity contribution in [2.75, 3.05) is 7.11 Å². The van der Waals surface area contributed by atoms with E-state index in [1.54, 1.807) is 30.5 Å². The molecule has 1 aromatic carbocycles. The van der Waals surface area contributed by atoms with Gasteiger partial charge >= 0.3 is 5.97 Å². The smallest absolute Gasteiger partial charge is 0.351 e. The van der Waals surface area contributed by atoms with Crippen molar-refractivity contribution in [1.82, 2.24) is 9.97 Å². The fourth-order valence-corrected chi connectivity index (χ4v) is 2.40. The Morgan fingerprint density at radius 3 is 2.68 bits per heavy atom. The summed E-state index contributed by atoms with van der Waals surface area (Å²) in [5, 5.41) is 11.5. The third-order valence-corrected chi connectivity index (χ3v) is 3.55. The highest BCUT2D eigenvalue weighted by Crippen LogP contribution is 2.34. The Kier molecular flexibility index (Phi) is 4.51. The fraction of sp³-hybridized carbons (Fsp3) is 0.118. The van der Waals surface area contributed by atoms with E-state index in [1.165, 1.54) is 31.6 Å². The van der Waals surface area contributed by atoms with Crippen LogP contribution in [0.25, 0.3) is 10.9 Å². The quantitative estimate of drug-likeness (QED) is 0.400. The molecular formula is C17H13N3O5. The molecule has 1 unspecified atom stereocenters. The normalized spacial score (nSPS) is 11.7. The minimum Gasteiger partial charge on any atom is -0.472 e. The lowest BCUT2D eigenvalue weighted by Crippen LogP contribution is -2.20. The van der Waals surface area contributed by atoms with Gasteiger partial charge in [0, 0.05) is 30.2 Å². The number of nitrogens with zero attached hydrogens (tertiary/aromatic N) is 3. The Bertz CT molecular complexity index is 930. The van der Waals surface area contributed by atoms with E-state index in [2.05, 4.69) is 9.97 Å². The van der Waals surface area contributed by atoms with Crippen molar-refractivity contribution in [2.24, 2.45) is 0 Å². The summed E-state index contributed by atoms with van der Waals surface area (Å²) in [5.74, 6) is -0.379. The summed E-state index contributed by atoms with van der Waals surface area (Å²) in [6.45, 7) is 0. The monoisotopic (exact) mass is 339 g/mol. The van der Waals surface area contributed by atoms with Crippen LogP contribution in [0.4, 0.5) is 5.69 Å². The number of hydrogen-bond donors (Lipinski definition) is 0. The Labute approximate surface area is 142 Å². The molecule has 8 nitrogen and oxygen atoms in total. The molecule has 0 amide bonds. The van der Waals surface area contributed by atoms with Crippen LogP contribution in [0.15, 0.2) is 55.0 Å². The third-order valence-electron chi connectivity index (χ3n) is 3.55. The summed E-state index contributed by atoms with van der Waals surface area (Å²) in [7, 11) is 1.25. The minimum absolute atomic E-state index is 0.0913. The average Bonchev–Trinajstić information content (AvgIpc) is 2.65. The van der Waals surface area contributed by atoms with Crippen LogP contribution in [0.2, 0.25) is 0 Å². The van der Waals surface area contributed by atoms with Crippen LogP contribution in [0, 0.1) is 10.1 Å². The first-order chi connectivity index (χ1) is 12.1. The molecule has 2 heterocycles. The Morgan fingerprint density at radius 1 is 1.20 bits per heavy atom. The molecule has 1 atom stereocenters. The number of hydrogen-bond acceptors (Lipinski definition) is 7. The zero-order chi connectivity index (χ0) is 17.8. The summed E-state index contributed by atoms with van der Waals surface area (Å²) in [5.41, 5.74) is 0.692. The van der Waals surface area contributed by atoms with Gasteiger partial charge in [0.1, 0.15) is 11.3 Å². The van der Waals surface area contributed by atoms with E-state index in [4.69, 9.17) is 9.47 Å². The van der Waals surface area contributed by atoms with Gasteiger partial charge in [-0.05, 0) is 24.3 Å². The van der Waals surface area contributed by atoms with Gasteiger partial charge in [0.2, 0.25) is 6.10 Å². The van der Waals surface area contributed by atoms with E-state index in [0.717, 1.165) is 0 Å². The van der Waals surface area contributed by atoms with Gasteiger partial charge in [-0.15, -0.1) is 0 Å². The molecule has 0 aliphatic heterocycles. The third kappa shape index (κ3) is 3.23. The number of aromatic nitrogens is 2. The largest absolute Gasteiger partial charge is 0.472 e. The molecule has 0 saturated carbocycles. The van der Waals surface area contributed by atoms with E-state index in [0.29, 0.717) is 10.9 Å². The van der Waals surface area contributed by atoms with E-state index < -0.39 is 17.0 Å². The molecule has 126 valence electrons. The van der Waals surface area contributed by atoms with Gasteiger partial charge in [-0.25, -0.2) is 4.79 Å². The maximum absolute atomic E-state index is 12.1. The predicted octanol–water partition coefficient (Wildman–Crippen LogP) is 2.83. The van der Waals surface area contributed by atoms with Crippen LogP contribution in [0.1, 0.15) is 11.7 Å². The highest BCUT2D eigenvalue weighted by Gasteiger charge is 2.26. The number of nitro benzene ring substituents is 1. The fourth-order valence-electron chi connectivity index (χ4n) is 2.40. The Hall–Kier alpha value is -3.55. The van der Waals surface area contributed by atoms with E-state index in [-0.39, 0.29) is 17.0 Å². The van der Waals surface area contributed by atoms with Crippen molar-refractivity contribution in [2.45, 2.75) is 6.10 Å². The molecule has 0 fully saturated rings. The second-order valence-corrected chi connectivity index (χ2v) is 5.05. The van der Waals surface area contributed by atoms with Crippen LogP contribution < -0.4 is 4.74 Å². The van der Waals surface area contributed by atoms with Gasteiger partial charge in [-0.2, -0.15) is 0 Å². The maximum Gasteiger partial charge on any atom is 0.351 e. The van der Waals surface area contributed by atoms with Crippen molar-refractivity contribution < 1.29 is 19.2 Å². The minimum atomic E-state index is -1.06. The molecule has 25 heavy (non-hydrogen) atoms. The summed E-state index contributed by atoms with van der Waals surface area (Å²) < 4.78 is 10.6. The van der Waals surface area contributed by atoms with Gasteiger partial charge in [0.05, 0.1) is 17.4 Å². The first-order valence-electron chi connectivity index (χ1n) is 7.28. The molecule has 0 radical (unpaired) electrons. The van der Waals surface area contributed by atoms with Crippen LogP contribution in [-0.4, -0.2) is 28.0 Å². The number of ether oxygens (including phenoxy) is 2. The summed E-state index contributed by atoms with van der Waals surface area (Å²) >= 11 is 0. The number of benzene rings is 1. The first-order valence-corrected chi connectivity index (χ1v) is 7.28. The van der Waals surface area contributed by atoms with Crippen molar-refractivity contribution >= 4 is 22.6 Å². The number of methoxy groups -OCH3 is 1. The molecule has 0 aliphatic rings. The zero-order valence-electron chi connectivity index (χ0n) is 13.2. The molecule has 0 saturated heterocycles. The summed E-state index contributed by atoms with van der Waals surface area (Å²) in [6, 6.07) is 9.25. The number of esters is 1. The standard InChI is InChI=1S/C17H13N3O5/c1-24-17(21)16(11-4-2-8-18-10-11)25-14-7-6-13(20(22)23)12-5-3-9-19-15(12)14/h2-10,16H,1H3. The molecular weight excluding hydrogens is 326 g/mol. The average molecular weight is 339 g/mol. The zero-order valence-corrected chi connectivity index (χ0v) is 13.2. The van der Waals surface area contributed by atoms with Crippen LogP contribution in [0.5, 0.6) is 5.75 Å². The van der Waals surface area contributed by atoms with Gasteiger partial charge < -0.3 is 9.47 Å². The van der Waals surface area contributed by atoms with Crippen molar-refractivity contribution in [3.05, 3.63) is 70.7 Å².